The summed E-state index contributed by atoms with van der Waals surface area (Å²) in [5, 5.41) is 6.94. The van der Waals surface area contributed by atoms with Crippen LogP contribution in [0.2, 0.25) is 0 Å². The van der Waals surface area contributed by atoms with Gasteiger partial charge in [-0.05, 0) is 36.0 Å². The normalized spacial score (nSPS) is 12.4. The third kappa shape index (κ3) is 7.97. The van der Waals surface area contributed by atoms with Crippen LogP contribution in [0.3, 0.4) is 0 Å². The van der Waals surface area contributed by atoms with Gasteiger partial charge in [0.15, 0.2) is 0 Å². The molecule has 1 atom stereocenters. The topological polar surface area (TPSA) is 24.1 Å². The zero-order valence-corrected chi connectivity index (χ0v) is 18.0. The Bertz CT molecular complexity index is 851. The first-order valence-corrected chi connectivity index (χ1v) is 10.3. The standard InChI is InChI=1S/C27H34N2/c1-5-25(21-29-20-24-14-10-8-11-15-24)27(28-4)19-23(3)26-16-12-7-6-9-13-22(2)17-18-26/h5-18,23,28-29H,1,19-21H2,2-4H3/b7-6?,9-6?,12-7?,13-9?,16-12?,18-17?,22-13?,22-17?,26-16?,26-18?,27-25-. The molecule has 29 heavy (non-hydrogen) atoms. The monoisotopic (exact) mass is 386 g/mol. The molecule has 0 radical (unpaired) electrons. The molecular formula is C27H34N2. The van der Waals surface area contributed by atoms with Crippen LogP contribution in [0.4, 0.5) is 0 Å². The first-order chi connectivity index (χ1) is 14.1. The van der Waals surface area contributed by atoms with Gasteiger partial charge in [0.1, 0.15) is 0 Å². The Hall–Kier alpha value is -2.84. The van der Waals surface area contributed by atoms with Gasteiger partial charge in [-0.1, -0.05) is 104 Å². The molecule has 2 nitrogen and oxygen atoms in total. The third-order valence-electron chi connectivity index (χ3n) is 5.02. The fraction of sp³-hybridized carbons (Fsp3) is 0.259. The summed E-state index contributed by atoms with van der Waals surface area (Å²) >= 11 is 0. The van der Waals surface area contributed by atoms with Crippen LogP contribution in [0.5, 0.6) is 0 Å². The van der Waals surface area contributed by atoms with Crippen molar-refractivity contribution in [3.63, 3.8) is 0 Å². The van der Waals surface area contributed by atoms with E-state index in [4.69, 9.17) is 0 Å². The lowest BCUT2D eigenvalue weighted by Crippen LogP contribution is -2.20. The molecule has 0 saturated carbocycles. The van der Waals surface area contributed by atoms with Gasteiger partial charge in [0, 0.05) is 25.8 Å². The zero-order valence-electron chi connectivity index (χ0n) is 18.0. The van der Waals surface area contributed by atoms with E-state index in [1.54, 1.807) is 0 Å². The number of hydrogen-bond acceptors (Lipinski definition) is 2. The number of benzene rings is 1. The molecule has 2 N–H and O–H groups in total. The molecule has 0 bridgehead atoms. The quantitative estimate of drug-likeness (QED) is 0.512. The summed E-state index contributed by atoms with van der Waals surface area (Å²) in [6, 6.07) is 27.5. The van der Waals surface area contributed by atoms with Gasteiger partial charge >= 0.3 is 0 Å². The first kappa shape index (κ1) is 22.4. The van der Waals surface area contributed by atoms with Crippen LogP contribution < -0.4 is 10.6 Å². The highest BCUT2D eigenvalue weighted by Gasteiger charge is 2.10. The van der Waals surface area contributed by atoms with Crippen molar-refractivity contribution in [3.8, 4) is 0 Å². The highest BCUT2D eigenvalue weighted by Crippen LogP contribution is 2.23. The molecule has 0 aliphatic heterocycles. The second-order valence-electron chi connectivity index (χ2n) is 7.33. The second kappa shape index (κ2) is 12.6. The minimum atomic E-state index is 0.388. The minimum absolute atomic E-state index is 0.388. The van der Waals surface area contributed by atoms with E-state index in [0.29, 0.717) is 5.92 Å². The van der Waals surface area contributed by atoms with Crippen LogP contribution in [-0.4, -0.2) is 13.6 Å². The molecule has 0 amide bonds. The van der Waals surface area contributed by atoms with E-state index in [0.717, 1.165) is 19.5 Å². The molecule has 0 saturated heterocycles. The van der Waals surface area contributed by atoms with Gasteiger partial charge in [0.25, 0.3) is 0 Å². The highest BCUT2D eigenvalue weighted by atomic mass is 14.9. The van der Waals surface area contributed by atoms with E-state index in [1.165, 1.54) is 28.0 Å². The molecule has 1 unspecified atom stereocenters. The van der Waals surface area contributed by atoms with Crippen molar-refractivity contribution in [2.24, 2.45) is 0 Å². The maximum absolute atomic E-state index is 4.04. The number of hydrogen-bond donors (Lipinski definition) is 2. The van der Waals surface area contributed by atoms with Crippen molar-refractivity contribution in [3.05, 3.63) is 119 Å². The third-order valence-corrected chi connectivity index (χ3v) is 5.02. The Morgan fingerprint density at radius 3 is 2.28 bits per heavy atom. The van der Waals surface area contributed by atoms with Gasteiger partial charge in [0.05, 0.1) is 0 Å². The number of nitrogens with one attached hydrogen (secondary N) is 2. The SMILES string of the molecule is C=C/C(CNCc1ccccc1)=C(\CC(C)c1ccccccc(C)cc1)NC. The molecule has 2 aromatic rings. The zero-order chi connectivity index (χ0) is 20.9. The second-order valence-corrected chi connectivity index (χ2v) is 7.33. The lowest BCUT2D eigenvalue weighted by atomic mass is 9.95. The lowest BCUT2D eigenvalue weighted by molar-refractivity contribution is 0.684. The molecule has 2 aromatic carbocycles. The van der Waals surface area contributed by atoms with E-state index in [1.807, 2.05) is 19.2 Å². The fourth-order valence-corrected chi connectivity index (χ4v) is 3.23. The average molecular weight is 387 g/mol. The largest absolute Gasteiger partial charge is 0.391 e. The smallest absolute Gasteiger partial charge is 0.0225 e. The molecule has 2 heteroatoms. The van der Waals surface area contributed by atoms with Crippen molar-refractivity contribution in [2.75, 3.05) is 13.6 Å². The minimum Gasteiger partial charge on any atom is -0.391 e. The van der Waals surface area contributed by atoms with Crippen molar-refractivity contribution >= 4 is 0 Å². The Labute approximate surface area is 176 Å². The van der Waals surface area contributed by atoms with Crippen molar-refractivity contribution in [2.45, 2.75) is 32.7 Å². The van der Waals surface area contributed by atoms with E-state index >= 15 is 0 Å². The van der Waals surface area contributed by atoms with Gasteiger partial charge < -0.3 is 10.6 Å². The molecule has 0 aliphatic carbocycles. The van der Waals surface area contributed by atoms with Gasteiger partial charge in [-0.15, -0.1) is 0 Å². The molecule has 0 aromatic heterocycles. The molecule has 2 rings (SSSR count). The molecule has 152 valence electrons. The van der Waals surface area contributed by atoms with Crippen LogP contribution in [0.15, 0.2) is 103 Å². The Balaban J connectivity index is 2.13. The highest BCUT2D eigenvalue weighted by molar-refractivity contribution is 5.28. The summed E-state index contributed by atoms with van der Waals surface area (Å²) in [4.78, 5) is 0. The number of allylic oxidation sites excluding steroid dienone is 1. The predicted octanol–water partition coefficient (Wildman–Crippen LogP) is 6.06. The summed E-state index contributed by atoms with van der Waals surface area (Å²) in [6.45, 7) is 10.1. The van der Waals surface area contributed by atoms with Crippen molar-refractivity contribution in [1.29, 1.82) is 0 Å². The molecular weight excluding hydrogens is 352 g/mol. The lowest BCUT2D eigenvalue weighted by Gasteiger charge is -2.18. The van der Waals surface area contributed by atoms with E-state index < -0.39 is 0 Å². The summed E-state index contributed by atoms with van der Waals surface area (Å²) in [5.74, 6) is 0.388. The fourth-order valence-electron chi connectivity index (χ4n) is 3.23. The Kier molecular flexibility index (Phi) is 9.74. The van der Waals surface area contributed by atoms with Gasteiger partial charge in [-0.3, -0.25) is 0 Å². The molecule has 0 fully saturated rings. The summed E-state index contributed by atoms with van der Waals surface area (Å²) < 4.78 is 0. The summed E-state index contributed by atoms with van der Waals surface area (Å²) in [6.07, 6.45) is 2.90. The number of rotatable bonds is 9. The summed E-state index contributed by atoms with van der Waals surface area (Å²) in [7, 11) is 2.00. The molecule has 0 spiro atoms. The van der Waals surface area contributed by atoms with E-state index in [9.17, 15) is 0 Å². The Morgan fingerprint density at radius 2 is 1.59 bits per heavy atom. The van der Waals surface area contributed by atoms with E-state index in [2.05, 4.69) is 104 Å². The van der Waals surface area contributed by atoms with Crippen LogP contribution in [0.1, 0.15) is 36.0 Å². The van der Waals surface area contributed by atoms with Crippen LogP contribution >= 0.6 is 0 Å². The first-order valence-electron chi connectivity index (χ1n) is 10.3. The Morgan fingerprint density at radius 1 is 0.931 bits per heavy atom. The average Bonchev–Trinajstić information content (AvgIpc) is 2.75. The van der Waals surface area contributed by atoms with Crippen molar-refractivity contribution in [1.82, 2.24) is 10.6 Å². The van der Waals surface area contributed by atoms with Crippen LogP contribution in [-0.2, 0) is 6.54 Å². The maximum Gasteiger partial charge on any atom is 0.0225 e. The van der Waals surface area contributed by atoms with Crippen molar-refractivity contribution < 1.29 is 0 Å². The van der Waals surface area contributed by atoms with E-state index in [-0.39, 0.29) is 0 Å². The molecule has 0 heterocycles. The summed E-state index contributed by atoms with van der Waals surface area (Å²) in [5.41, 5.74) is 6.30. The van der Waals surface area contributed by atoms with Gasteiger partial charge in [0.2, 0.25) is 0 Å². The van der Waals surface area contributed by atoms with Gasteiger partial charge in [-0.2, -0.15) is 0 Å². The molecule has 0 aliphatic rings. The predicted molar refractivity (Wildman–Crippen MR) is 126 cm³/mol. The van der Waals surface area contributed by atoms with Crippen LogP contribution in [0.25, 0.3) is 0 Å². The number of aryl methyl sites for hydroxylation is 1. The van der Waals surface area contributed by atoms with Crippen LogP contribution in [0, 0.1) is 6.92 Å². The van der Waals surface area contributed by atoms with Gasteiger partial charge in [-0.25, -0.2) is 0 Å². The maximum atomic E-state index is 4.04.